The van der Waals surface area contributed by atoms with Crippen LogP contribution in [0.15, 0.2) is 23.3 Å². The lowest BCUT2D eigenvalue weighted by Crippen LogP contribution is -2.36. The van der Waals surface area contributed by atoms with E-state index in [2.05, 4.69) is 0 Å². The molecule has 0 aromatic heterocycles. The fourth-order valence-electron chi connectivity index (χ4n) is 2.58. The van der Waals surface area contributed by atoms with Gasteiger partial charge in [0.2, 0.25) is 0 Å². The van der Waals surface area contributed by atoms with Gasteiger partial charge in [-0.2, -0.15) is 0 Å². The van der Waals surface area contributed by atoms with Crippen molar-refractivity contribution < 1.29 is 48.3 Å². The Morgan fingerprint density at radius 2 is 1.15 bits per heavy atom. The zero-order valence-corrected chi connectivity index (χ0v) is 14.0. The van der Waals surface area contributed by atoms with E-state index < -0.39 is 48.3 Å². The Hall–Kier alpha value is -2.72. The molecule has 10 nitrogen and oxygen atoms in total. The minimum atomic E-state index is -1.27. The van der Waals surface area contributed by atoms with E-state index in [0.29, 0.717) is 0 Å². The van der Waals surface area contributed by atoms with Gasteiger partial charge in [0.1, 0.15) is 12.2 Å². The second-order valence-corrected chi connectivity index (χ2v) is 5.81. The summed E-state index contributed by atoms with van der Waals surface area (Å²) < 4.78 is 21.3. The second kappa shape index (κ2) is 8.11. The molecule has 26 heavy (non-hydrogen) atoms. The Bertz CT molecular complexity index is 619. The third-order valence-electron chi connectivity index (χ3n) is 3.80. The summed E-state index contributed by atoms with van der Waals surface area (Å²) in [6.45, 7) is 2.61. The predicted molar refractivity (Wildman–Crippen MR) is 82.0 cm³/mol. The number of carboxylic acid groups (broad SMARTS) is 2. The van der Waals surface area contributed by atoms with Gasteiger partial charge in [0, 0.05) is 23.3 Å². The van der Waals surface area contributed by atoms with Gasteiger partial charge in [-0.3, -0.25) is 0 Å². The first kappa shape index (κ1) is 19.6. The molecule has 2 aliphatic rings. The summed E-state index contributed by atoms with van der Waals surface area (Å²) in [6.07, 6.45) is -1.43. The zero-order valence-electron chi connectivity index (χ0n) is 14.0. The van der Waals surface area contributed by atoms with Gasteiger partial charge < -0.3 is 29.2 Å². The van der Waals surface area contributed by atoms with Gasteiger partial charge in [0.15, 0.2) is 12.2 Å². The van der Waals surface area contributed by atoms with Crippen molar-refractivity contribution in [1.29, 1.82) is 0 Å². The molecule has 0 aliphatic carbocycles. The molecule has 2 aliphatic heterocycles. The van der Waals surface area contributed by atoms with Crippen LogP contribution in [0.3, 0.4) is 0 Å². The fourth-order valence-corrected chi connectivity index (χ4v) is 2.58. The molecule has 0 aromatic rings. The molecule has 0 bridgehead atoms. The van der Waals surface area contributed by atoms with Crippen LogP contribution in [0.1, 0.15) is 13.8 Å². The van der Waals surface area contributed by atoms with Crippen LogP contribution in [0.25, 0.3) is 0 Å². The highest BCUT2D eigenvalue weighted by Gasteiger charge is 2.51. The molecule has 0 amide bonds. The van der Waals surface area contributed by atoms with E-state index in [1.54, 1.807) is 0 Å². The predicted octanol–water partition coefficient (Wildman–Crippen LogP) is -0.331. The van der Waals surface area contributed by atoms with E-state index in [4.69, 9.17) is 29.2 Å². The zero-order chi connectivity index (χ0) is 19.4. The molecule has 0 radical (unpaired) electrons. The van der Waals surface area contributed by atoms with Crippen LogP contribution < -0.4 is 0 Å². The van der Waals surface area contributed by atoms with E-state index in [-0.39, 0.29) is 24.4 Å². The molecule has 0 spiro atoms. The monoisotopic (exact) mass is 370 g/mol. The number of hydrogen-bond donors (Lipinski definition) is 2. The number of hydrogen-bond acceptors (Lipinski definition) is 8. The Kier molecular flexibility index (Phi) is 6.11. The van der Waals surface area contributed by atoms with Gasteiger partial charge in [-0.1, -0.05) is 0 Å². The Balaban J connectivity index is 1.95. The van der Waals surface area contributed by atoms with Gasteiger partial charge in [-0.15, -0.1) is 0 Å². The smallest absolute Gasteiger partial charge is 0.334 e. The lowest BCUT2D eigenvalue weighted by atomic mass is 10.1. The van der Waals surface area contributed by atoms with Gasteiger partial charge in [-0.05, 0) is 13.8 Å². The van der Waals surface area contributed by atoms with Gasteiger partial charge in [-0.25, -0.2) is 19.2 Å². The average Bonchev–Trinajstić information content (AvgIpc) is 3.09. The van der Waals surface area contributed by atoms with Crippen molar-refractivity contribution in [3.05, 3.63) is 23.3 Å². The van der Waals surface area contributed by atoms with Gasteiger partial charge in [0.25, 0.3) is 0 Å². The summed E-state index contributed by atoms with van der Waals surface area (Å²) in [4.78, 5) is 44.9. The van der Waals surface area contributed by atoms with E-state index >= 15 is 0 Å². The number of rotatable bonds is 6. The molecule has 10 heteroatoms. The van der Waals surface area contributed by atoms with Crippen LogP contribution in [-0.2, 0) is 38.1 Å². The number of aliphatic carboxylic acids is 2. The second-order valence-electron chi connectivity index (χ2n) is 5.81. The molecule has 2 N–H and O–H groups in total. The number of fused-ring (bicyclic) bond motifs is 1. The lowest BCUT2D eigenvalue weighted by Gasteiger charge is -2.17. The minimum Gasteiger partial charge on any atom is -0.478 e. The summed E-state index contributed by atoms with van der Waals surface area (Å²) >= 11 is 0. The summed E-state index contributed by atoms with van der Waals surface area (Å²) in [6, 6.07) is 0. The summed E-state index contributed by atoms with van der Waals surface area (Å²) in [5, 5.41) is 17.3. The first-order chi connectivity index (χ1) is 12.2. The number of esters is 2. The first-order valence-corrected chi connectivity index (χ1v) is 7.66. The third kappa shape index (κ3) is 4.67. The molecular formula is C16H18O10. The maximum absolute atomic E-state index is 11.9. The number of carbonyl (C=O) groups is 4. The summed E-state index contributed by atoms with van der Waals surface area (Å²) in [5.41, 5.74) is -0.173. The Morgan fingerprint density at radius 3 is 1.46 bits per heavy atom. The van der Waals surface area contributed by atoms with Crippen LogP contribution >= 0.6 is 0 Å². The van der Waals surface area contributed by atoms with Crippen molar-refractivity contribution in [1.82, 2.24) is 0 Å². The molecule has 2 saturated heterocycles. The maximum atomic E-state index is 11.9. The minimum absolute atomic E-state index is 0.000573. The van der Waals surface area contributed by atoms with Crippen LogP contribution in [0, 0.1) is 0 Å². The van der Waals surface area contributed by atoms with E-state index in [1.165, 1.54) is 13.8 Å². The van der Waals surface area contributed by atoms with Crippen LogP contribution in [0.2, 0.25) is 0 Å². The van der Waals surface area contributed by atoms with Crippen LogP contribution in [0.5, 0.6) is 0 Å². The molecule has 142 valence electrons. The fraction of sp³-hybridized carbons (Fsp3) is 0.500. The van der Waals surface area contributed by atoms with Gasteiger partial charge in [0.05, 0.1) is 13.2 Å². The first-order valence-electron chi connectivity index (χ1n) is 7.66. The van der Waals surface area contributed by atoms with E-state index in [9.17, 15) is 19.2 Å². The summed E-state index contributed by atoms with van der Waals surface area (Å²) in [7, 11) is 0. The molecular weight excluding hydrogens is 352 g/mol. The molecule has 2 heterocycles. The quantitative estimate of drug-likeness (QED) is 0.470. The highest BCUT2D eigenvalue weighted by atomic mass is 16.7. The molecule has 2 fully saturated rings. The van der Waals surface area contributed by atoms with Crippen molar-refractivity contribution in [2.24, 2.45) is 0 Å². The standard InChI is InChI=1S/C16H18O10/c1-7(3-11(17)18)15(21)25-9-5-23-14-10(6-24-13(9)14)26-16(22)8(2)4-12(19)20/h3-4,9-10,13-14H,5-6H2,1-2H3,(H,17,18)(H,19,20)/b7-3+,8-4+/t9-,10+,13-,14-/m1/s1. The van der Waals surface area contributed by atoms with Crippen molar-refractivity contribution in [2.75, 3.05) is 13.2 Å². The Morgan fingerprint density at radius 1 is 0.808 bits per heavy atom. The molecule has 0 unspecified atom stereocenters. The van der Waals surface area contributed by atoms with Crippen LogP contribution in [0.4, 0.5) is 0 Å². The summed E-state index contributed by atoms with van der Waals surface area (Å²) in [5.74, 6) is -4.17. The highest BCUT2D eigenvalue weighted by molar-refractivity contribution is 5.95. The normalized spacial score (nSPS) is 28.4. The largest absolute Gasteiger partial charge is 0.478 e. The molecule has 0 saturated carbocycles. The highest BCUT2D eigenvalue weighted by Crippen LogP contribution is 2.31. The van der Waals surface area contributed by atoms with E-state index in [0.717, 1.165) is 12.2 Å². The average molecular weight is 370 g/mol. The van der Waals surface area contributed by atoms with Crippen molar-refractivity contribution in [2.45, 2.75) is 38.3 Å². The van der Waals surface area contributed by atoms with Crippen molar-refractivity contribution in [3.8, 4) is 0 Å². The number of carbonyl (C=O) groups excluding carboxylic acids is 2. The SMILES string of the molecule is C/C(=C\C(=O)O)C(=O)O[C@H]1CO[C@H]2[C@@H]1OC[C@H]2OC(=O)/C(C)=C/C(=O)O. The molecule has 0 aromatic carbocycles. The topological polar surface area (TPSA) is 146 Å². The maximum Gasteiger partial charge on any atom is 0.334 e. The van der Waals surface area contributed by atoms with E-state index in [1.807, 2.05) is 0 Å². The van der Waals surface area contributed by atoms with Gasteiger partial charge >= 0.3 is 23.9 Å². The van der Waals surface area contributed by atoms with Crippen molar-refractivity contribution in [3.63, 3.8) is 0 Å². The van der Waals surface area contributed by atoms with Crippen molar-refractivity contribution >= 4 is 23.9 Å². The number of carboxylic acids is 2. The lowest BCUT2D eigenvalue weighted by molar-refractivity contribution is -0.151. The third-order valence-corrected chi connectivity index (χ3v) is 3.80. The molecule has 2 rings (SSSR count). The molecule has 4 atom stereocenters. The Labute approximate surface area is 148 Å². The number of ether oxygens (including phenoxy) is 4. The van der Waals surface area contributed by atoms with Crippen LogP contribution in [-0.4, -0.2) is 71.7 Å².